The minimum absolute atomic E-state index is 0.0538. The number of alkyl halides is 2. The molecule has 0 spiro atoms. The van der Waals surface area contributed by atoms with Gasteiger partial charge in [0.25, 0.3) is 9.05 Å². The van der Waals surface area contributed by atoms with E-state index in [-0.39, 0.29) is 10.8 Å². The lowest BCUT2D eigenvalue weighted by Gasteiger charge is -2.08. The van der Waals surface area contributed by atoms with E-state index in [0.717, 1.165) is 0 Å². The molecule has 1 N–H and O–H groups in total. The second kappa shape index (κ2) is 6.17. The van der Waals surface area contributed by atoms with Crippen molar-refractivity contribution in [1.82, 2.24) is 0 Å². The fraction of sp³-hybridized carbons (Fsp3) is 0.222. The maximum absolute atomic E-state index is 11.5. The minimum atomic E-state index is -3.79. The molecule has 0 aromatic heterocycles. The Labute approximate surface area is 120 Å². The van der Waals surface area contributed by atoms with E-state index in [1.807, 2.05) is 0 Å². The van der Waals surface area contributed by atoms with Gasteiger partial charge in [0.15, 0.2) is 0 Å². The van der Waals surface area contributed by atoms with Gasteiger partial charge >= 0.3 is 0 Å². The summed E-state index contributed by atoms with van der Waals surface area (Å²) in [6, 6.07) is 5.74. The predicted molar refractivity (Wildman–Crippen MR) is 74.6 cm³/mol. The Balaban J connectivity index is 2.91. The monoisotopic (exact) mass is 403 g/mol. The van der Waals surface area contributed by atoms with Crippen LogP contribution in [0.2, 0.25) is 0 Å². The molecule has 1 rings (SSSR count). The van der Waals surface area contributed by atoms with Crippen LogP contribution in [0.1, 0.15) is 0 Å². The van der Waals surface area contributed by atoms with Crippen molar-refractivity contribution in [3.8, 4) is 0 Å². The maximum Gasteiger partial charge on any atom is 0.261 e. The minimum Gasteiger partial charge on any atom is -0.325 e. The van der Waals surface area contributed by atoms with Gasteiger partial charge in [0.2, 0.25) is 5.91 Å². The van der Waals surface area contributed by atoms with Crippen LogP contribution in [0.4, 0.5) is 5.69 Å². The Hall–Kier alpha value is -0.110. The highest BCUT2D eigenvalue weighted by atomic mass is 79.9. The summed E-state index contributed by atoms with van der Waals surface area (Å²) >= 11 is 6.30. The number of rotatable bonds is 4. The molecule has 1 unspecified atom stereocenters. The Kier molecular flexibility index (Phi) is 5.43. The molecule has 0 aliphatic carbocycles. The fourth-order valence-electron chi connectivity index (χ4n) is 1.02. The zero-order chi connectivity index (χ0) is 13.1. The van der Waals surface area contributed by atoms with Gasteiger partial charge in [0.05, 0.1) is 4.90 Å². The summed E-state index contributed by atoms with van der Waals surface area (Å²) in [5.41, 5.74) is 0.377. The first-order valence-electron chi connectivity index (χ1n) is 4.40. The van der Waals surface area contributed by atoms with Crippen molar-refractivity contribution in [3.05, 3.63) is 24.3 Å². The Morgan fingerprint density at radius 2 is 2.12 bits per heavy atom. The van der Waals surface area contributed by atoms with Crippen LogP contribution in [0.25, 0.3) is 0 Å². The van der Waals surface area contributed by atoms with E-state index in [2.05, 4.69) is 37.2 Å². The zero-order valence-electron chi connectivity index (χ0n) is 8.36. The summed E-state index contributed by atoms with van der Waals surface area (Å²) < 4.78 is 22.2. The van der Waals surface area contributed by atoms with Crippen LogP contribution >= 0.6 is 42.5 Å². The molecule has 0 saturated heterocycles. The highest BCUT2D eigenvalue weighted by Gasteiger charge is 2.15. The lowest BCUT2D eigenvalue weighted by Crippen LogP contribution is -2.23. The van der Waals surface area contributed by atoms with Crippen molar-refractivity contribution >= 4 is 63.2 Å². The van der Waals surface area contributed by atoms with Crippen molar-refractivity contribution < 1.29 is 13.2 Å². The van der Waals surface area contributed by atoms with Crippen molar-refractivity contribution in [2.75, 3.05) is 10.6 Å². The van der Waals surface area contributed by atoms with Crippen LogP contribution in [-0.4, -0.2) is 24.5 Å². The van der Waals surface area contributed by atoms with Crippen LogP contribution in [0.15, 0.2) is 29.2 Å². The van der Waals surface area contributed by atoms with Crippen molar-refractivity contribution in [1.29, 1.82) is 0 Å². The third kappa shape index (κ3) is 4.57. The molecule has 4 nitrogen and oxygen atoms in total. The van der Waals surface area contributed by atoms with Gasteiger partial charge in [-0.25, -0.2) is 8.42 Å². The quantitative estimate of drug-likeness (QED) is 0.619. The molecule has 0 bridgehead atoms. The van der Waals surface area contributed by atoms with E-state index in [0.29, 0.717) is 11.0 Å². The highest BCUT2D eigenvalue weighted by Crippen LogP contribution is 2.19. The molecule has 1 amide bonds. The predicted octanol–water partition coefficient (Wildman–Crippen LogP) is 2.71. The van der Waals surface area contributed by atoms with Gasteiger partial charge < -0.3 is 5.32 Å². The smallest absolute Gasteiger partial charge is 0.261 e. The second-order valence-electron chi connectivity index (χ2n) is 3.08. The number of hydrogen-bond acceptors (Lipinski definition) is 3. The number of hydrogen-bond donors (Lipinski definition) is 1. The molecule has 8 heteroatoms. The Morgan fingerprint density at radius 1 is 1.47 bits per heavy atom. The number of halogens is 3. The molecule has 1 aromatic carbocycles. The molecule has 0 aliphatic rings. The summed E-state index contributed by atoms with van der Waals surface area (Å²) in [5.74, 6) is -0.272. The average Bonchev–Trinajstić information content (AvgIpc) is 2.27. The van der Waals surface area contributed by atoms with Crippen molar-refractivity contribution in [2.45, 2.75) is 9.72 Å². The number of anilines is 1. The standard InChI is InChI=1S/C9H8Br2ClNO3S/c10-5-8(11)9(14)13-6-2-1-3-7(4-6)17(12,15)16/h1-4,8H,5H2,(H,13,14). The van der Waals surface area contributed by atoms with Crippen LogP contribution in [0.3, 0.4) is 0 Å². The molecular formula is C9H8Br2ClNO3S. The molecule has 94 valence electrons. The van der Waals surface area contributed by atoms with Gasteiger partial charge in [-0.05, 0) is 18.2 Å². The summed E-state index contributed by atoms with van der Waals surface area (Å²) in [6.45, 7) is 0. The Bertz CT molecular complexity index is 521. The molecule has 17 heavy (non-hydrogen) atoms. The van der Waals surface area contributed by atoms with Crippen LogP contribution in [-0.2, 0) is 13.8 Å². The van der Waals surface area contributed by atoms with Gasteiger partial charge in [-0.3, -0.25) is 4.79 Å². The van der Waals surface area contributed by atoms with E-state index >= 15 is 0 Å². The number of benzene rings is 1. The van der Waals surface area contributed by atoms with E-state index in [9.17, 15) is 13.2 Å². The third-order valence-corrected chi connectivity index (χ3v) is 5.41. The van der Waals surface area contributed by atoms with Crippen LogP contribution < -0.4 is 5.32 Å². The summed E-state index contributed by atoms with van der Waals surface area (Å²) in [6.07, 6.45) is 0. The van der Waals surface area contributed by atoms with Gasteiger partial charge in [-0.2, -0.15) is 0 Å². The number of carbonyl (C=O) groups excluding carboxylic acids is 1. The van der Waals surface area contributed by atoms with E-state index in [1.54, 1.807) is 6.07 Å². The lowest BCUT2D eigenvalue weighted by molar-refractivity contribution is -0.115. The first kappa shape index (κ1) is 14.9. The molecule has 0 fully saturated rings. The summed E-state index contributed by atoms with van der Waals surface area (Å²) in [7, 11) is 1.41. The number of amides is 1. The average molecular weight is 405 g/mol. The van der Waals surface area contributed by atoms with Crippen LogP contribution in [0.5, 0.6) is 0 Å². The molecule has 1 aromatic rings. The molecule has 0 aliphatic heterocycles. The van der Waals surface area contributed by atoms with Crippen molar-refractivity contribution in [3.63, 3.8) is 0 Å². The van der Waals surface area contributed by atoms with E-state index < -0.39 is 13.9 Å². The number of carbonyl (C=O) groups is 1. The molecule has 0 radical (unpaired) electrons. The highest BCUT2D eigenvalue weighted by molar-refractivity contribution is 9.12. The van der Waals surface area contributed by atoms with E-state index in [4.69, 9.17) is 10.7 Å². The first-order valence-corrected chi connectivity index (χ1v) is 8.75. The topological polar surface area (TPSA) is 63.2 Å². The fourth-order valence-corrected chi connectivity index (χ4v) is 2.22. The molecule has 0 heterocycles. The van der Waals surface area contributed by atoms with Gasteiger partial charge in [-0.1, -0.05) is 37.9 Å². The van der Waals surface area contributed by atoms with Crippen molar-refractivity contribution in [2.24, 2.45) is 0 Å². The second-order valence-corrected chi connectivity index (χ2v) is 7.40. The first-order chi connectivity index (χ1) is 7.84. The lowest BCUT2D eigenvalue weighted by atomic mass is 10.3. The number of nitrogens with one attached hydrogen (secondary N) is 1. The zero-order valence-corrected chi connectivity index (χ0v) is 13.1. The largest absolute Gasteiger partial charge is 0.325 e. The molecule has 0 saturated carbocycles. The van der Waals surface area contributed by atoms with Gasteiger partial charge in [0, 0.05) is 21.7 Å². The summed E-state index contributed by atoms with van der Waals surface area (Å²) in [5, 5.41) is 3.02. The van der Waals surface area contributed by atoms with E-state index in [1.165, 1.54) is 18.2 Å². The SMILES string of the molecule is O=C(Nc1cccc(S(=O)(=O)Cl)c1)C(Br)CBr. The normalized spacial score (nSPS) is 13.1. The Morgan fingerprint density at radius 3 is 2.65 bits per heavy atom. The molecule has 1 atom stereocenters. The van der Waals surface area contributed by atoms with Crippen LogP contribution in [0, 0.1) is 0 Å². The third-order valence-electron chi connectivity index (χ3n) is 1.80. The van der Waals surface area contributed by atoms with Gasteiger partial charge in [-0.15, -0.1) is 0 Å². The summed E-state index contributed by atoms with van der Waals surface area (Å²) in [4.78, 5) is 11.1. The maximum atomic E-state index is 11.5. The van der Waals surface area contributed by atoms with Gasteiger partial charge in [0.1, 0.15) is 4.83 Å². The molecular weight excluding hydrogens is 397 g/mol.